The van der Waals surface area contributed by atoms with Crippen LogP contribution < -0.4 is 10.6 Å². The molecule has 0 saturated carbocycles. The second-order valence-corrected chi connectivity index (χ2v) is 7.44. The van der Waals surface area contributed by atoms with E-state index in [0.717, 1.165) is 11.3 Å². The number of nitro groups is 1. The number of hydrogen-bond acceptors (Lipinski definition) is 6. The predicted molar refractivity (Wildman–Crippen MR) is 124 cm³/mol. The first-order chi connectivity index (χ1) is 16.0. The third-order valence-corrected chi connectivity index (χ3v) is 5.20. The van der Waals surface area contributed by atoms with Crippen LogP contribution in [0.1, 0.15) is 46.4 Å². The summed E-state index contributed by atoms with van der Waals surface area (Å²) in [4.78, 5) is 28.6. The highest BCUT2D eigenvalue weighted by Crippen LogP contribution is 2.30. The minimum absolute atomic E-state index is 0.172. The molecule has 2 aromatic heterocycles. The fraction of sp³-hybridized carbons (Fsp3) is 0.120. The lowest BCUT2D eigenvalue weighted by molar-refractivity contribution is -0.384. The van der Waals surface area contributed by atoms with E-state index in [1.807, 2.05) is 49.4 Å². The fourth-order valence-electron chi connectivity index (χ4n) is 3.52. The first-order valence-corrected chi connectivity index (χ1v) is 10.4. The van der Waals surface area contributed by atoms with Gasteiger partial charge in [-0.25, -0.2) is 0 Å². The summed E-state index contributed by atoms with van der Waals surface area (Å²) in [6.07, 6.45) is 3.20. The number of amides is 1. The first kappa shape index (κ1) is 21.8. The van der Waals surface area contributed by atoms with Crippen LogP contribution in [0.3, 0.4) is 0 Å². The monoisotopic (exact) mass is 442 g/mol. The van der Waals surface area contributed by atoms with Crippen molar-refractivity contribution >= 4 is 17.3 Å². The Hall–Kier alpha value is -4.46. The Balaban J connectivity index is 1.58. The number of aromatic nitrogens is 1. The van der Waals surface area contributed by atoms with Crippen LogP contribution in [-0.4, -0.2) is 15.8 Å². The highest BCUT2D eigenvalue weighted by molar-refractivity contribution is 5.96. The van der Waals surface area contributed by atoms with E-state index in [2.05, 4.69) is 15.6 Å². The summed E-state index contributed by atoms with van der Waals surface area (Å²) >= 11 is 0. The number of nitrogens with zero attached hydrogens (tertiary/aromatic N) is 2. The quantitative estimate of drug-likeness (QED) is 0.284. The molecule has 166 valence electrons. The van der Waals surface area contributed by atoms with E-state index in [0.29, 0.717) is 11.4 Å². The molecule has 8 nitrogen and oxygen atoms in total. The molecule has 0 aliphatic carbocycles. The van der Waals surface area contributed by atoms with Crippen molar-refractivity contribution in [2.24, 2.45) is 0 Å². The lowest BCUT2D eigenvalue weighted by atomic mass is 10.0. The zero-order chi connectivity index (χ0) is 23.2. The smallest absolute Gasteiger partial charge is 0.293 e. The maximum atomic E-state index is 13.0. The van der Waals surface area contributed by atoms with Crippen LogP contribution >= 0.6 is 0 Å². The second-order valence-electron chi connectivity index (χ2n) is 7.44. The number of nitrogens with one attached hydrogen (secondary N) is 2. The van der Waals surface area contributed by atoms with Gasteiger partial charge in [-0.3, -0.25) is 19.9 Å². The van der Waals surface area contributed by atoms with Gasteiger partial charge in [-0.1, -0.05) is 36.4 Å². The molecular weight excluding hydrogens is 420 g/mol. The number of anilines is 1. The van der Waals surface area contributed by atoms with Crippen LogP contribution in [0.25, 0.3) is 0 Å². The number of benzene rings is 2. The van der Waals surface area contributed by atoms with Crippen molar-refractivity contribution in [3.05, 3.63) is 124 Å². The summed E-state index contributed by atoms with van der Waals surface area (Å²) in [5.74, 6) is 0.110. The molecule has 4 rings (SSSR count). The van der Waals surface area contributed by atoms with Crippen molar-refractivity contribution in [3.63, 3.8) is 0 Å². The Morgan fingerprint density at radius 1 is 1.03 bits per heavy atom. The molecule has 0 aliphatic rings. The number of pyridine rings is 1. The topological polar surface area (TPSA) is 110 Å². The van der Waals surface area contributed by atoms with Crippen molar-refractivity contribution in [1.29, 1.82) is 0 Å². The maximum absolute atomic E-state index is 13.0. The molecule has 1 amide bonds. The van der Waals surface area contributed by atoms with Crippen LogP contribution in [0.5, 0.6) is 0 Å². The maximum Gasteiger partial charge on any atom is 0.293 e. The largest absolute Gasteiger partial charge is 0.467 e. The van der Waals surface area contributed by atoms with Crippen LogP contribution in [0, 0.1) is 10.1 Å². The van der Waals surface area contributed by atoms with Gasteiger partial charge >= 0.3 is 0 Å². The fourth-order valence-corrected chi connectivity index (χ4v) is 3.52. The molecular formula is C25H22N4O4. The Kier molecular flexibility index (Phi) is 6.45. The Morgan fingerprint density at radius 2 is 1.82 bits per heavy atom. The molecule has 33 heavy (non-hydrogen) atoms. The van der Waals surface area contributed by atoms with E-state index in [-0.39, 0.29) is 17.3 Å². The minimum atomic E-state index is -0.533. The summed E-state index contributed by atoms with van der Waals surface area (Å²) in [5, 5.41) is 17.8. The van der Waals surface area contributed by atoms with Crippen molar-refractivity contribution in [3.8, 4) is 0 Å². The van der Waals surface area contributed by atoms with Gasteiger partial charge in [0.15, 0.2) is 0 Å². The molecule has 2 unspecified atom stereocenters. The predicted octanol–water partition coefficient (Wildman–Crippen LogP) is 5.28. The zero-order valence-corrected chi connectivity index (χ0v) is 17.8. The summed E-state index contributed by atoms with van der Waals surface area (Å²) < 4.78 is 5.51. The number of carbonyl (C=O) groups excluding carboxylic acids is 1. The van der Waals surface area contributed by atoms with Gasteiger partial charge in [-0.2, -0.15) is 0 Å². The summed E-state index contributed by atoms with van der Waals surface area (Å²) in [5.41, 5.74) is 1.86. The standard InChI is InChI=1S/C25H22N4O4/c1-17(20-10-5-6-14-26-20)27-21-13-12-19(16-22(21)29(31)32)25(30)28-24(23-11-7-15-33-23)18-8-3-2-4-9-18/h2-17,24,27H,1H3,(H,28,30). The molecule has 2 heterocycles. The van der Waals surface area contributed by atoms with Gasteiger partial charge in [0.05, 0.1) is 22.9 Å². The van der Waals surface area contributed by atoms with Gasteiger partial charge in [0.25, 0.3) is 11.6 Å². The van der Waals surface area contributed by atoms with Gasteiger partial charge < -0.3 is 15.1 Å². The molecule has 0 fully saturated rings. The average molecular weight is 442 g/mol. The number of hydrogen-bond donors (Lipinski definition) is 2. The minimum Gasteiger partial charge on any atom is -0.467 e. The highest BCUT2D eigenvalue weighted by Gasteiger charge is 2.23. The van der Waals surface area contributed by atoms with E-state index in [1.54, 1.807) is 30.5 Å². The average Bonchev–Trinajstić information content (AvgIpc) is 3.38. The highest BCUT2D eigenvalue weighted by atomic mass is 16.6. The summed E-state index contributed by atoms with van der Waals surface area (Å²) in [7, 11) is 0. The van der Waals surface area contributed by atoms with E-state index in [1.165, 1.54) is 18.4 Å². The molecule has 4 aromatic rings. The van der Waals surface area contributed by atoms with Crippen molar-refractivity contribution < 1.29 is 14.1 Å². The second kappa shape index (κ2) is 9.78. The van der Waals surface area contributed by atoms with Crippen LogP contribution in [-0.2, 0) is 0 Å². The molecule has 0 saturated heterocycles. The molecule has 0 bridgehead atoms. The number of carbonyl (C=O) groups is 1. The SMILES string of the molecule is CC(Nc1ccc(C(=O)NC(c2ccccc2)c2ccco2)cc1[N+](=O)[O-])c1ccccn1. The lowest BCUT2D eigenvalue weighted by Crippen LogP contribution is -2.29. The van der Waals surface area contributed by atoms with Gasteiger partial charge in [0.2, 0.25) is 0 Å². The van der Waals surface area contributed by atoms with Crippen molar-refractivity contribution in [1.82, 2.24) is 10.3 Å². The normalized spacial score (nSPS) is 12.5. The van der Waals surface area contributed by atoms with Gasteiger partial charge in [-0.05, 0) is 48.9 Å². The number of furan rings is 1. The molecule has 0 radical (unpaired) electrons. The van der Waals surface area contributed by atoms with Crippen LogP contribution in [0.15, 0.2) is 95.7 Å². The third-order valence-electron chi connectivity index (χ3n) is 5.20. The summed E-state index contributed by atoms with van der Waals surface area (Å²) in [6.45, 7) is 1.86. The molecule has 0 spiro atoms. The van der Waals surface area contributed by atoms with E-state index in [9.17, 15) is 14.9 Å². The van der Waals surface area contributed by atoms with E-state index in [4.69, 9.17) is 4.42 Å². The Bertz CT molecular complexity index is 1230. The third kappa shape index (κ3) is 5.07. The van der Waals surface area contributed by atoms with Crippen molar-refractivity contribution in [2.75, 3.05) is 5.32 Å². The molecule has 2 aromatic carbocycles. The Morgan fingerprint density at radius 3 is 2.48 bits per heavy atom. The number of rotatable bonds is 8. The Labute approximate surface area is 190 Å². The van der Waals surface area contributed by atoms with E-state index < -0.39 is 16.9 Å². The molecule has 2 atom stereocenters. The lowest BCUT2D eigenvalue weighted by Gasteiger charge is -2.18. The first-order valence-electron chi connectivity index (χ1n) is 10.4. The van der Waals surface area contributed by atoms with Gasteiger partial charge in [0.1, 0.15) is 17.5 Å². The van der Waals surface area contributed by atoms with Gasteiger partial charge in [0, 0.05) is 17.8 Å². The molecule has 0 aliphatic heterocycles. The van der Waals surface area contributed by atoms with Crippen molar-refractivity contribution in [2.45, 2.75) is 19.0 Å². The van der Waals surface area contributed by atoms with E-state index >= 15 is 0 Å². The van der Waals surface area contributed by atoms with Crippen LogP contribution in [0.2, 0.25) is 0 Å². The molecule has 8 heteroatoms. The molecule has 2 N–H and O–H groups in total. The van der Waals surface area contributed by atoms with Gasteiger partial charge in [-0.15, -0.1) is 0 Å². The summed E-state index contributed by atoms with van der Waals surface area (Å²) in [6, 6.07) is 21.9. The number of nitro benzene ring substituents is 1. The van der Waals surface area contributed by atoms with Crippen LogP contribution in [0.4, 0.5) is 11.4 Å². The zero-order valence-electron chi connectivity index (χ0n) is 17.8.